The summed E-state index contributed by atoms with van der Waals surface area (Å²) >= 11 is 0. The number of hydrogen-bond donors (Lipinski definition) is 1. The normalized spacial score (nSPS) is 13.3. The van der Waals surface area contributed by atoms with Gasteiger partial charge in [-0.15, -0.1) is 0 Å². The van der Waals surface area contributed by atoms with Crippen LogP contribution in [0.5, 0.6) is 0 Å². The zero-order chi connectivity index (χ0) is 14.6. The largest absolute Gasteiger partial charge is 0.336 e. The molecule has 5 heteroatoms. The molecule has 20 heavy (non-hydrogen) atoms. The quantitative estimate of drug-likeness (QED) is 0.863. The van der Waals surface area contributed by atoms with Crippen LogP contribution in [0.2, 0.25) is 0 Å². The zero-order valence-electron chi connectivity index (χ0n) is 10.8. The molecule has 0 aliphatic carbocycles. The molecule has 1 N–H and O–H groups in total. The molecule has 1 aromatic heterocycles. The maximum atomic E-state index is 13.1. The molecule has 0 aliphatic heterocycles. The van der Waals surface area contributed by atoms with Gasteiger partial charge in [0.25, 0.3) is 0 Å². The van der Waals surface area contributed by atoms with Crippen molar-refractivity contribution in [2.24, 2.45) is 0 Å². The fraction of sp³-hybridized carbons (Fsp3) is 0.133. The number of pyridine rings is 1. The Bertz CT molecular complexity index is 614. The highest BCUT2D eigenvalue weighted by molar-refractivity contribution is 5.84. The molecule has 4 nitrogen and oxygen atoms in total. The highest BCUT2D eigenvalue weighted by Crippen LogP contribution is 2.27. The van der Waals surface area contributed by atoms with Gasteiger partial charge in [-0.25, -0.2) is 4.39 Å². The lowest BCUT2D eigenvalue weighted by Gasteiger charge is -2.29. The Kier molecular flexibility index (Phi) is 3.89. The van der Waals surface area contributed by atoms with Crippen LogP contribution in [-0.2, 0) is 15.1 Å². The van der Waals surface area contributed by atoms with Gasteiger partial charge < -0.3 is 5.32 Å². The van der Waals surface area contributed by atoms with Gasteiger partial charge in [-0.1, -0.05) is 12.1 Å². The molecule has 2 rings (SSSR count). The Morgan fingerprint density at radius 3 is 2.20 bits per heavy atom. The van der Waals surface area contributed by atoms with Gasteiger partial charge in [0.15, 0.2) is 6.29 Å². The highest BCUT2D eigenvalue weighted by atomic mass is 19.1. The van der Waals surface area contributed by atoms with E-state index in [1.807, 2.05) is 0 Å². The van der Waals surface area contributed by atoms with Crippen LogP contribution in [-0.4, -0.2) is 17.2 Å². The smallest absolute Gasteiger partial charge is 0.218 e. The Hall–Kier alpha value is -2.56. The summed E-state index contributed by atoms with van der Waals surface area (Å²) in [7, 11) is 0. The van der Waals surface area contributed by atoms with Crippen molar-refractivity contribution in [3.8, 4) is 0 Å². The number of amides is 1. The van der Waals surface area contributed by atoms with E-state index in [2.05, 4.69) is 10.3 Å². The van der Waals surface area contributed by atoms with E-state index < -0.39 is 11.4 Å². The lowest BCUT2D eigenvalue weighted by molar-refractivity contribution is -0.124. The Balaban J connectivity index is 2.62. The van der Waals surface area contributed by atoms with Crippen LogP contribution in [0.15, 0.2) is 48.8 Å². The Morgan fingerprint density at radius 2 is 1.70 bits per heavy atom. The fourth-order valence-corrected chi connectivity index (χ4v) is 2.08. The maximum Gasteiger partial charge on any atom is 0.218 e. The van der Waals surface area contributed by atoms with Crippen molar-refractivity contribution < 1.29 is 14.0 Å². The molecule has 1 amide bonds. The Morgan fingerprint density at radius 1 is 1.15 bits per heavy atom. The number of nitrogens with one attached hydrogen (secondary N) is 1. The number of aromatic nitrogens is 1. The lowest BCUT2D eigenvalue weighted by atomic mass is 9.84. The third-order valence-corrected chi connectivity index (χ3v) is 2.99. The zero-order valence-corrected chi connectivity index (χ0v) is 10.8. The molecule has 0 fully saturated rings. The standard InChI is InChI=1S/C15H13FN2O2/c1-11(20)18-15(10-19,13-6-8-17-9-7-13)12-2-4-14(16)5-3-12/h2-10H,1H3,(H,18,20). The number of nitrogens with zero attached hydrogens (tertiary/aromatic N) is 1. The van der Waals surface area contributed by atoms with Crippen LogP contribution in [0, 0.1) is 5.82 Å². The summed E-state index contributed by atoms with van der Waals surface area (Å²) in [6.45, 7) is 1.32. The molecule has 1 heterocycles. The van der Waals surface area contributed by atoms with E-state index in [0.29, 0.717) is 17.4 Å². The van der Waals surface area contributed by atoms with Crippen LogP contribution in [0.4, 0.5) is 4.39 Å². The van der Waals surface area contributed by atoms with Crippen molar-refractivity contribution in [1.82, 2.24) is 10.3 Å². The first-order valence-electron chi connectivity index (χ1n) is 6.00. The first-order chi connectivity index (χ1) is 9.58. The molecule has 1 unspecified atom stereocenters. The molecule has 0 aliphatic rings. The van der Waals surface area contributed by atoms with Crippen LogP contribution in [0.1, 0.15) is 18.1 Å². The fourth-order valence-electron chi connectivity index (χ4n) is 2.08. The molecule has 2 aromatic rings. The third-order valence-electron chi connectivity index (χ3n) is 2.99. The van der Waals surface area contributed by atoms with Gasteiger partial charge >= 0.3 is 0 Å². The predicted octanol–water partition coefficient (Wildman–Crippen LogP) is 1.80. The van der Waals surface area contributed by atoms with Gasteiger partial charge in [0, 0.05) is 19.3 Å². The average Bonchev–Trinajstić information content (AvgIpc) is 2.46. The number of benzene rings is 1. The van der Waals surface area contributed by atoms with Crippen molar-refractivity contribution in [2.45, 2.75) is 12.5 Å². The van der Waals surface area contributed by atoms with Gasteiger partial charge in [0.1, 0.15) is 11.4 Å². The lowest BCUT2D eigenvalue weighted by Crippen LogP contribution is -2.47. The molecule has 1 aromatic carbocycles. The second kappa shape index (κ2) is 5.61. The van der Waals surface area contributed by atoms with Crippen molar-refractivity contribution in [3.05, 3.63) is 65.7 Å². The van der Waals surface area contributed by atoms with Crippen molar-refractivity contribution in [1.29, 1.82) is 0 Å². The molecular weight excluding hydrogens is 259 g/mol. The highest BCUT2D eigenvalue weighted by Gasteiger charge is 2.35. The first-order valence-corrected chi connectivity index (χ1v) is 6.00. The van der Waals surface area contributed by atoms with Gasteiger partial charge in [-0.3, -0.25) is 14.6 Å². The average molecular weight is 272 g/mol. The summed E-state index contributed by atoms with van der Waals surface area (Å²) in [6.07, 6.45) is 3.69. The predicted molar refractivity (Wildman–Crippen MR) is 71.3 cm³/mol. The summed E-state index contributed by atoms with van der Waals surface area (Å²) in [5, 5.41) is 2.64. The van der Waals surface area contributed by atoms with Crippen LogP contribution >= 0.6 is 0 Å². The van der Waals surface area contributed by atoms with Crippen molar-refractivity contribution in [2.75, 3.05) is 0 Å². The van der Waals surface area contributed by atoms with Gasteiger partial charge in [-0.05, 0) is 35.4 Å². The van der Waals surface area contributed by atoms with Gasteiger partial charge in [-0.2, -0.15) is 0 Å². The summed E-state index contributed by atoms with van der Waals surface area (Å²) in [5.74, 6) is -0.774. The second-order valence-electron chi connectivity index (χ2n) is 4.35. The number of hydrogen-bond acceptors (Lipinski definition) is 3. The van der Waals surface area contributed by atoms with E-state index >= 15 is 0 Å². The number of halogens is 1. The molecule has 0 spiro atoms. The van der Waals surface area contributed by atoms with Crippen molar-refractivity contribution >= 4 is 12.2 Å². The minimum Gasteiger partial charge on any atom is -0.336 e. The topological polar surface area (TPSA) is 59.1 Å². The molecule has 1 atom stereocenters. The molecule has 0 saturated carbocycles. The molecule has 0 saturated heterocycles. The molecule has 0 bridgehead atoms. The van der Waals surface area contributed by atoms with Crippen LogP contribution in [0.25, 0.3) is 0 Å². The summed E-state index contributed by atoms with van der Waals surface area (Å²) in [4.78, 5) is 27.1. The van der Waals surface area contributed by atoms with E-state index in [1.165, 1.54) is 43.6 Å². The van der Waals surface area contributed by atoms with Gasteiger partial charge in [0.05, 0.1) is 0 Å². The van der Waals surface area contributed by atoms with E-state index in [4.69, 9.17) is 0 Å². The second-order valence-corrected chi connectivity index (χ2v) is 4.35. The maximum absolute atomic E-state index is 13.1. The molecular formula is C15H13FN2O2. The minimum absolute atomic E-state index is 0.363. The van der Waals surface area contributed by atoms with E-state index in [-0.39, 0.29) is 5.91 Å². The van der Waals surface area contributed by atoms with Crippen LogP contribution in [0.3, 0.4) is 0 Å². The van der Waals surface area contributed by atoms with Crippen LogP contribution < -0.4 is 5.32 Å². The number of rotatable bonds is 4. The summed E-state index contributed by atoms with van der Waals surface area (Å²) in [5.41, 5.74) is -0.303. The van der Waals surface area contributed by atoms with Gasteiger partial charge in [0.2, 0.25) is 5.91 Å². The first kappa shape index (κ1) is 13.9. The molecule has 102 valence electrons. The van der Waals surface area contributed by atoms with E-state index in [1.54, 1.807) is 12.1 Å². The Labute approximate surface area is 115 Å². The summed E-state index contributed by atoms with van der Waals surface area (Å²) < 4.78 is 13.1. The molecule has 0 radical (unpaired) electrons. The minimum atomic E-state index is -1.34. The monoisotopic (exact) mass is 272 g/mol. The third kappa shape index (κ3) is 2.56. The van der Waals surface area contributed by atoms with E-state index in [9.17, 15) is 14.0 Å². The van der Waals surface area contributed by atoms with E-state index in [0.717, 1.165) is 0 Å². The number of aldehydes is 1. The number of carbonyl (C=O) groups is 2. The number of carbonyl (C=O) groups excluding carboxylic acids is 2. The van der Waals surface area contributed by atoms with Crippen molar-refractivity contribution in [3.63, 3.8) is 0 Å². The SMILES string of the molecule is CC(=O)NC(C=O)(c1ccncc1)c1ccc(F)cc1. The summed E-state index contributed by atoms with van der Waals surface area (Å²) in [6, 6.07) is 8.70.